The molecule has 0 atom stereocenters. The van der Waals surface area contributed by atoms with E-state index >= 15 is 0 Å². The minimum Gasteiger partial charge on any atom is -0.397 e. The third-order valence-corrected chi connectivity index (χ3v) is 5.49. The quantitative estimate of drug-likeness (QED) is 0.752. The van der Waals surface area contributed by atoms with Crippen LogP contribution in [0.1, 0.15) is 30.4 Å². The van der Waals surface area contributed by atoms with Crippen LogP contribution in [-0.2, 0) is 9.84 Å². The molecule has 0 aromatic carbocycles. The topological polar surface area (TPSA) is 89.3 Å². The van der Waals surface area contributed by atoms with Crippen LogP contribution in [-0.4, -0.2) is 32.3 Å². The molecule has 0 aliphatic rings. The zero-order chi connectivity index (χ0) is 14.6. The molecule has 0 saturated carbocycles. The monoisotopic (exact) mass is 304 g/mol. The second kappa shape index (κ2) is 6.38. The Hall–Kier alpha value is -1.08. The lowest BCUT2D eigenvalue weighted by Crippen LogP contribution is -2.16. The van der Waals surface area contributed by atoms with Crippen LogP contribution in [0.15, 0.2) is 6.07 Å². The first-order chi connectivity index (χ1) is 8.76. The van der Waals surface area contributed by atoms with Gasteiger partial charge in [-0.2, -0.15) is 0 Å². The molecule has 1 aromatic heterocycles. The van der Waals surface area contributed by atoms with Crippen molar-refractivity contribution in [2.24, 2.45) is 5.92 Å². The number of Topliss-reactive ketones (excluding diaryl/α,β-unsaturated/α-hetero) is 1. The Bertz CT molecular complexity index is 547. The highest BCUT2D eigenvalue weighted by molar-refractivity contribution is 7.91. The first-order valence-corrected chi connectivity index (χ1v) is 8.78. The van der Waals surface area contributed by atoms with Gasteiger partial charge >= 0.3 is 0 Å². The maximum absolute atomic E-state index is 11.9. The van der Waals surface area contributed by atoms with E-state index < -0.39 is 9.84 Å². The average Bonchev–Trinajstić information content (AvgIpc) is 2.69. The van der Waals surface area contributed by atoms with Crippen LogP contribution in [0.4, 0.5) is 10.7 Å². The summed E-state index contributed by atoms with van der Waals surface area (Å²) in [5.41, 5.74) is 6.24. The van der Waals surface area contributed by atoms with Crippen molar-refractivity contribution >= 4 is 37.6 Å². The van der Waals surface area contributed by atoms with Gasteiger partial charge in [-0.25, -0.2) is 8.42 Å². The van der Waals surface area contributed by atoms with Crippen LogP contribution in [0, 0.1) is 5.92 Å². The van der Waals surface area contributed by atoms with Gasteiger partial charge in [-0.1, -0.05) is 20.8 Å². The standard InChI is InChI=1S/C12H20N2O3S2/c1-4-19(16,17)6-5-14-10-7-9(13)12(18-10)11(15)8(2)3/h7-8,14H,4-6,13H2,1-3H3. The van der Waals surface area contributed by atoms with Gasteiger partial charge in [0.15, 0.2) is 15.6 Å². The van der Waals surface area contributed by atoms with Gasteiger partial charge in [0.25, 0.3) is 0 Å². The molecule has 0 aliphatic carbocycles. The van der Waals surface area contributed by atoms with Crippen molar-refractivity contribution in [3.05, 3.63) is 10.9 Å². The molecule has 3 N–H and O–H groups in total. The molecule has 0 spiro atoms. The molecule has 5 nitrogen and oxygen atoms in total. The van der Waals surface area contributed by atoms with Crippen LogP contribution in [0.25, 0.3) is 0 Å². The van der Waals surface area contributed by atoms with E-state index in [0.29, 0.717) is 17.1 Å². The highest BCUT2D eigenvalue weighted by Gasteiger charge is 2.17. The zero-order valence-corrected chi connectivity index (χ0v) is 13.0. The largest absolute Gasteiger partial charge is 0.397 e. The summed E-state index contributed by atoms with van der Waals surface area (Å²) in [5.74, 6) is 0.124. The second-order valence-electron chi connectivity index (χ2n) is 4.58. The number of sulfone groups is 1. The Kier molecular flexibility index (Phi) is 5.37. The molecule has 7 heteroatoms. The molecule has 0 aliphatic heterocycles. The summed E-state index contributed by atoms with van der Waals surface area (Å²) in [6.07, 6.45) is 0. The molecule has 1 heterocycles. The van der Waals surface area contributed by atoms with Crippen molar-refractivity contribution in [2.75, 3.05) is 29.1 Å². The molecular formula is C12H20N2O3S2. The third kappa shape index (κ3) is 4.50. The van der Waals surface area contributed by atoms with Gasteiger partial charge in [-0.3, -0.25) is 4.79 Å². The predicted octanol–water partition coefficient (Wildman–Crippen LogP) is 2.02. The summed E-state index contributed by atoms with van der Waals surface area (Å²) < 4.78 is 22.7. The summed E-state index contributed by atoms with van der Waals surface area (Å²) >= 11 is 1.27. The first kappa shape index (κ1) is 16.0. The van der Waals surface area contributed by atoms with Gasteiger partial charge in [0.1, 0.15) is 0 Å². The van der Waals surface area contributed by atoms with Crippen LogP contribution < -0.4 is 11.1 Å². The fraction of sp³-hybridized carbons (Fsp3) is 0.583. The maximum Gasteiger partial charge on any atom is 0.177 e. The predicted molar refractivity (Wildman–Crippen MR) is 80.7 cm³/mol. The maximum atomic E-state index is 11.9. The number of nitrogens with two attached hydrogens (primary N) is 1. The van der Waals surface area contributed by atoms with E-state index in [1.54, 1.807) is 13.0 Å². The second-order valence-corrected chi connectivity index (χ2v) is 8.10. The number of carbonyl (C=O) groups is 1. The fourth-order valence-corrected chi connectivity index (χ4v) is 3.22. The molecule has 0 saturated heterocycles. The minimum atomic E-state index is -2.98. The van der Waals surface area contributed by atoms with Crippen molar-refractivity contribution in [3.63, 3.8) is 0 Å². The van der Waals surface area contributed by atoms with Crippen molar-refractivity contribution in [2.45, 2.75) is 20.8 Å². The molecule has 0 unspecified atom stereocenters. The number of thiophene rings is 1. The molecule has 0 bridgehead atoms. The summed E-state index contributed by atoms with van der Waals surface area (Å²) in [7, 11) is -2.98. The number of nitrogens with one attached hydrogen (secondary N) is 1. The molecule has 0 fully saturated rings. The number of hydrogen-bond acceptors (Lipinski definition) is 6. The lowest BCUT2D eigenvalue weighted by atomic mass is 10.1. The lowest BCUT2D eigenvalue weighted by molar-refractivity contribution is 0.0944. The van der Waals surface area contributed by atoms with Gasteiger partial charge in [0.05, 0.1) is 21.3 Å². The Morgan fingerprint density at radius 3 is 2.63 bits per heavy atom. The van der Waals surface area contributed by atoms with Crippen LogP contribution >= 0.6 is 11.3 Å². The lowest BCUT2D eigenvalue weighted by Gasteiger charge is -2.03. The van der Waals surface area contributed by atoms with Gasteiger partial charge in [0, 0.05) is 18.2 Å². The molecule has 1 rings (SSSR count). The van der Waals surface area contributed by atoms with E-state index in [2.05, 4.69) is 5.32 Å². The van der Waals surface area contributed by atoms with Crippen LogP contribution in [0.3, 0.4) is 0 Å². The normalized spacial score (nSPS) is 11.8. The number of nitrogen functional groups attached to an aromatic ring is 1. The Balaban J connectivity index is 2.67. The Labute approximate surface area is 118 Å². The molecular weight excluding hydrogens is 284 g/mol. The fourth-order valence-electron chi connectivity index (χ4n) is 1.42. The van der Waals surface area contributed by atoms with E-state index in [1.165, 1.54) is 11.3 Å². The number of carbonyl (C=O) groups excluding carboxylic acids is 1. The minimum absolute atomic E-state index is 0.0109. The third-order valence-electron chi connectivity index (χ3n) is 2.66. The number of rotatable bonds is 7. The molecule has 19 heavy (non-hydrogen) atoms. The van der Waals surface area contributed by atoms with Gasteiger partial charge in [0.2, 0.25) is 0 Å². The average molecular weight is 304 g/mol. The van der Waals surface area contributed by atoms with Crippen molar-refractivity contribution in [3.8, 4) is 0 Å². The number of ketones is 1. The summed E-state index contributed by atoms with van der Waals surface area (Å²) in [5, 5.41) is 3.73. The molecule has 0 radical (unpaired) electrons. The first-order valence-electron chi connectivity index (χ1n) is 6.14. The van der Waals surface area contributed by atoms with Crippen molar-refractivity contribution < 1.29 is 13.2 Å². The summed E-state index contributed by atoms with van der Waals surface area (Å²) in [6.45, 7) is 5.59. The van der Waals surface area contributed by atoms with E-state index in [9.17, 15) is 13.2 Å². The van der Waals surface area contributed by atoms with Crippen LogP contribution in [0.2, 0.25) is 0 Å². The number of hydrogen-bond donors (Lipinski definition) is 2. The van der Waals surface area contributed by atoms with E-state index in [1.807, 2.05) is 13.8 Å². The SMILES string of the molecule is CCS(=O)(=O)CCNc1cc(N)c(C(=O)C(C)C)s1. The number of anilines is 2. The highest BCUT2D eigenvalue weighted by Crippen LogP contribution is 2.31. The zero-order valence-electron chi connectivity index (χ0n) is 11.4. The smallest absolute Gasteiger partial charge is 0.177 e. The van der Waals surface area contributed by atoms with Crippen molar-refractivity contribution in [1.82, 2.24) is 0 Å². The van der Waals surface area contributed by atoms with Gasteiger partial charge < -0.3 is 11.1 Å². The van der Waals surface area contributed by atoms with E-state index in [-0.39, 0.29) is 23.2 Å². The van der Waals surface area contributed by atoms with Crippen LogP contribution in [0.5, 0.6) is 0 Å². The summed E-state index contributed by atoms with van der Waals surface area (Å²) in [6, 6.07) is 1.68. The molecule has 0 amide bonds. The molecule has 108 valence electrons. The summed E-state index contributed by atoms with van der Waals surface area (Å²) in [4.78, 5) is 12.4. The Morgan fingerprint density at radius 1 is 1.47 bits per heavy atom. The van der Waals surface area contributed by atoms with E-state index in [0.717, 1.165) is 5.00 Å². The Morgan fingerprint density at radius 2 is 2.11 bits per heavy atom. The van der Waals surface area contributed by atoms with Gasteiger partial charge in [-0.05, 0) is 6.07 Å². The highest BCUT2D eigenvalue weighted by atomic mass is 32.2. The van der Waals surface area contributed by atoms with E-state index in [4.69, 9.17) is 5.73 Å². The van der Waals surface area contributed by atoms with Gasteiger partial charge in [-0.15, -0.1) is 11.3 Å². The molecule has 1 aromatic rings. The van der Waals surface area contributed by atoms with Crippen molar-refractivity contribution in [1.29, 1.82) is 0 Å².